The largest absolute Gasteiger partial charge is 0.493 e. The molecule has 2 aromatic rings. The SMILES string of the molecule is C=CCN1C(=O)S/C(=C/c2cc(OC)c(OCc3ccc(Cl)cc3Cl)cc2Br)C1=O. The lowest BCUT2D eigenvalue weighted by molar-refractivity contribution is -0.122. The van der Waals surface area contributed by atoms with Crippen LogP contribution in [0.1, 0.15) is 11.1 Å². The van der Waals surface area contributed by atoms with Crippen LogP contribution in [-0.2, 0) is 11.4 Å². The van der Waals surface area contributed by atoms with Gasteiger partial charge in [-0.05, 0) is 47.7 Å². The summed E-state index contributed by atoms with van der Waals surface area (Å²) in [7, 11) is 1.52. The van der Waals surface area contributed by atoms with Gasteiger partial charge in [-0.15, -0.1) is 6.58 Å². The molecule has 0 saturated carbocycles. The van der Waals surface area contributed by atoms with Gasteiger partial charge in [-0.25, -0.2) is 0 Å². The highest BCUT2D eigenvalue weighted by Crippen LogP contribution is 2.38. The van der Waals surface area contributed by atoms with Crippen LogP contribution in [0.3, 0.4) is 0 Å². The monoisotopic (exact) mass is 527 g/mol. The molecule has 30 heavy (non-hydrogen) atoms. The van der Waals surface area contributed by atoms with Gasteiger partial charge >= 0.3 is 0 Å². The topological polar surface area (TPSA) is 55.8 Å². The minimum atomic E-state index is -0.353. The summed E-state index contributed by atoms with van der Waals surface area (Å²) < 4.78 is 12.0. The van der Waals surface area contributed by atoms with Crippen LogP contribution >= 0.6 is 50.9 Å². The Kier molecular flexibility index (Phi) is 7.52. The number of methoxy groups -OCH3 is 1. The third kappa shape index (κ3) is 5.03. The van der Waals surface area contributed by atoms with Gasteiger partial charge in [-0.3, -0.25) is 14.5 Å². The fourth-order valence-corrected chi connectivity index (χ4v) is 4.39. The van der Waals surface area contributed by atoms with Crippen molar-refractivity contribution in [1.29, 1.82) is 0 Å². The van der Waals surface area contributed by atoms with Gasteiger partial charge in [0.25, 0.3) is 11.1 Å². The summed E-state index contributed by atoms with van der Waals surface area (Å²) in [5.41, 5.74) is 1.45. The highest BCUT2D eigenvalue weighted by Gasteiger charge is 2.34. The van der Waals surface area contributed by atoms with E-state index in [0.717, 1.165) is 22.2 Å². The van der Waals surface area contributed by atoms with Crippen LogP contribution in [0.25, 0.3) is 6.08 Å². The van der Waals surface area contributed by atoms with Crippen molar-refractivity contribution in [3.8, 4) is 11.5 Å². The molecule has 1 aliphatic rings. The lowest BCUT2D eigenvalue weighted by Gasteiger charge is -2.14. The highest BCUT2D eigenvalue weighted by atomic mass is 79.9. The fourth-order valence-electron chi connectivity index (χ4n) is 2.66. The van der Waals surface area contributed by atoms with E-state index in [4.69, 9.17) is 32.7 Å². The van der Waals surface area contributed by atoms with Crippen LogP contribution in [0.15, 0.2) is 52.4 Å². The number of nitrogens with zero attached hydrogens (tertiary/aromatic N) is 1. The van der Waals surface area contributed by atoms with E-state index in [1.54, 1.807) is 36.4 Å². The third-order valence-corrected chi connectivity index (χ3v) is 6.33. The highest BCUT2D eigenvalue weighted by molar-refractivity contribution is 9.10. The van der Waals surface area contributed by atoms with Crippen LogP contribution in [0.2, 0.25) is 10.0 Å². The quantitative estimate of drug-likeness (QED) is 0.300. The Labute approximate surface area is 196 Å². The molecular formula is C21H16BrCl2NO4S. The Hall–Kier alpha value is -1.93. The zero-order valence-electron chi connectivity index (χ0n) is 15.8. The van der Waals surface area contributed by atoms with Crippen LogP contribution in [0, 0.1) is 0 Å². The summed E-state index contributed by atoms with van der Waals surface area (Å²) in [6, 6.07) is 8.64. The summed E-state index contributed by atoms with van der Waals surface area (Å²) in [6.45, 7) is 3.96. The van der Waals surface area contributed by atoms with E-state index in [9.17, 15) is 9.59 Å². The maximum Gasteiger partial charge on any atom is 0.293 e. The van der Waals surface area contributed by atoms with Gasteiger partial charge < -0.3 is 9.47 Å². The smallest absolute Gasteiger partial charge is 0.293 e. The Morgan fingerprint density at radius 3 is 2.63 bits per heavy atom. The number of ether oxygens (including phenoxy) is 2. The van der Waals surface area contributed by atoms with Crippen molar-refractivity contribution < 1.29 is 19.1 Å². The lowest BCUT2D eigenvalue weighted by Crippen LogP contribution is -2.27. The number of carbonyl (C=O) groups is 2. The molecule has 0 aliphatic carbocycles. The molecule has 1 fully saturated rings. The van der Waals surface area contributed by atoms with Crippen molar-refractivity contribution in [1.82, 2.24) is 4.90 Å². The van der Waals surface area contributed by atoms with E-state index >= 15 is 0 Å². The Morgan fingerprint density at radius 2 is 1.97 bits per heavy atom. The molecule has 0 radical (unpaired) electrons. The van der Waals surface area contributed by atoms with E-state index in [2.05, 4.69) is 22.5 Å². The maximum absolute atomic E-state index is 12.4. The minimum absolute atomic E-state index is 0.173. The Bertz CT molecular complexity index is 1060. The number of benzene rings is 2. The number of halogens is 3. The zero-order chi connectivity index (χ0) is 21.8. The predicted octanol–water partition coefficient (Wildman–Crippen LogP) is 6.57. The van der Waals surface area contributed by atoms with Gasteiger partial charge in [0, 0.05) is 26.6 Å². The summed E-state index contributed by atoms with van der Waals surface area (Å²) in [6.07, 6.45) is 3.15. The van der Waals surface area contributed by atoms with Crippen molar-refractivity contribution in [3.63, 3.8) is 0 Å². The molecule has 1 aliphatic heterocycles. The molecule has 0 atom stereocenters. The predicted molar refractivity (Wildman–Crippen MR) is 124 cm³/mol. The molecule has 0 spiro atoms. The molecule has 2 aromatic carbocycles. The molecular weight excluding hydrogens is 513 g/mol. The van der Waals surface area contributed by atoms with E-state index in [0.29, 0.717) is 36.5 Å². The van der Waals surface area contributed by atoms with E-state index in [1.165, 1.54) is 13.2 Å². The summed E-state index contributed by atoms with van der Waals surface area (Å²) in [5.74, 6) is 0.612. The zero-order valence-corrected chi connectivity index (χ0v) is 19.7. The Balaban J connectivity index is 1.84. The average molecular weight is 529 g/mol. The van der Waals surface area contributed by atoms with Gasteiger partial charge in [0.2, 0.25) is 0 Å². The van der Waals surface area contributed by atoms with Gasteiger partial charge in [0.05, 0.1) is 12.0 Å². The van der Waals surface area contributed by atoms with Crippen LogP contribution in [0.4, 0.5) is 4.79 Å². The average Bonchev–Trinajstić information content (AvgIpc) is 2.96. The second kappa shape index (κ2) is 9.92. The molecule has 1 saturated heterocycles. The first-order valence-electron chi connectivity index (χ1n) is 8.64. The molecule has 3 rings (SSSR count). The second-order valence-corrected chi connectivity index (χ2v) is 8.82. The number of thioether (sulfide) groups is 1. The molecule has 1 heterocycles. The minimum Gasteiger partial charge on any atom is -0.493 e. The van der Waals surface area contributed by atoms with Gasteiger partial charge in [0.1, 0.15) is 6.61 Å². The summed E-state index contributed by atoms with van der Waals surface area (Å²) in [5, 5.41) is 0.729. The molecule has 0 unspecified atom stereocenters. The molecule has 2 amide bonds. The number of amides is 2. The molecule has 156 valence electrons. The second-order valence-electron chi connectivity index (χ2n) is 6.13. The maximum atomic E-state index is 12.4. The molecule has 0 bridgehead atoms. The first kappa shape index (κ1) is 22.7. The number of hydrogen-bond acceptors (Lipinski definition) is 5. The molecule has 5 nitrogen and oxygen atoms in total. The van der Waals surface area contributed by atoms with E-state index < -0.39 is 0 Å². The van der Waals surface area contributed by atoms with Crippen LogP contribution < -0.4 is 9.47 Å². The summed E-state index contributed by atoms with van der Waals surface area (Å²) in [4.78, 5) is 25.9. The number of hydrogen-bond donors (Lipinski definition) is 0. The summed E-state index contributed by atoms with van der Waals surface area (Å²) >= 11 is 16.5. The number of carbonyl (C=O) groups excluding carboxylic acids is 2. The standard InChI is InChI=1S/C21H16BrCl2NO4S/c1-3-6-25-20(26)19(30-21(25)27)8-13-7-17(28-2)18(10-15(13)22)29-11-12-4-5-14(23)9-16(12)24/h3-5,7-10H,1,6,11H2,2H3/b19-8+. The van der Waals surface area contributed by atoms with Crippen molar-refractivity contribution in [3.05, 3.63) is 73.5 Å². The van der Waals surface area contributed by atoms with Gasteiger partial charge in [-0.1, -0.05) is 51.3 Å². The Morgan fingerprint density at radius 1 is 1.20 bits per heavy atom. The number of imide groups is 1. The van der Waals surface area contributed by atoms with E-state index in [1.807, 2.05) is 0 Å². The lowest BCUT2D eigenvalue weighted by atomic mass is 10.1. The van der Waals surface area contributed by atoms with Crippen molar-refractivity contribution in [2.24, 2.45) is 0 Å². The molecule has 0 aromatic heterocycles. The van der Waals surface area contributed by atoms with Crippen LogP contribution in [0.5, 0.6) is 11.5 Å². The van der Waals surface area contributed by atoms with Crippen molar-refractivity contribution >= 4 is 68.1 Å². The molecule has 0 N–H and O–H groups in total. The molecule has 9 heteroatoms. The van der Waals surface area contributed by atoms with Crippen molar-refractivity contribution in [2.75, 3.05) is 13.7 Å². The van der Waals surface area contributed by atoms with E-state index in [-0.39, 0.29) is 24.3 Å². The van der Waals surface area contributed by atoms with Crippen molar-refractivity contribution in [2.45, 2.75) is 6.61 Å². The van der Waals surface area contributed by atoms with Gasteiger partial charge in [0.15, 0.2) is 11.5 Å². The van der Waals surface area contributed by atoms with Gasteiger partial charge in [-0.2, -0.15) is 0 Å². The first-order chi connectivity index (χ1) is 14.3. The van der Waals surface area contributed by atoms with Crippen LogP contribution in [-0.4, -0.2) is 29.7 Å². The first-order valence-corrected chi connectivity index (χ1v) is 11.0. The number of rotatable bonds is 7. The fraction of sp³-hybridized carbons (Fsp3) is 0.143. The third-order valence-electron chi connectivity index (χ3n) is 4.15. The normalized spacial score (nSPS) is 15.1.